The molecular weight excluding hydrogens is 437 g/mol. The van der Waals surface area contributed by atoms with E-state index < -0.39 is 0 Å². The van der Waals surface area contributed by atoms with E-state index in [-0.39, 0.29) is 11.5 Å². The van der Waals surface area contributed by atoms with Crippen LogP contribution >= 0.6 is 22.6 Å². The maximum absolute atomic E-state index is 13.2. The van der Waals surface area contributed by atoms with Crippen molar-refractivity contribution in [3.8, 4) is 11.4 Å². The molecule has 1 aromatic heterocycles. The SMILES string of the molecule is Cc1c(C(=O)c2ccccc2)c2cc(O)ccc2n1-c1ccc(I)cc1. The number of hydrogen-bond acceptors (Lipinski definition) is 2. The Morgan fingerprint density at radius 2 is 1.65 bits per heavy atom. The molecule has 0 fully saturated rings. The molecule has 0 aliphatic rings. The normalized spacial score (nSPS) is 11.0. The lowest BCUT2D eigenvalue weighted by molar-refractivity contribution is 0.103. The number of rotatable bonds is 3. The van der Waals surface area contributed by atoms with E-state index >= 15 is 0 Å². The molecule has 0 atom stereocenters. The van der Waals surface area contributed by atoms with E-state index in [0.717, 1.165) is 25.9 Å². The quantitative estimate of drug-likeness (QED) is 0.330. The smallest absolute Gasteiger partial charge is 0.195 e. The number of phenolic OH excluding ortho intramolecular Hbond substituents is 1. The van der Waals surface area contributed by atoms with Crippen molar-refractivity contribution in [3.05, 3.63) is 93.2 Å². The van der Waals surface area contributed by atoms with Gasteiger partial charge in [-0.05, 0) is 72.0 Å². The van der Waals surface area contributed by atoms with Crippen molar-refractivity contribution in [2.75, 3.05) is 0 Å². The standard InChI is InChI=1S/C22H16INO2/c1-14-21(22(26)15-5-3-2-4-6-15)19-13-18(25)11-12-20(19)24(14)17-9-7-16(23)8-10-17/h2-13,25H,1H3. The summed E-state index contributed by atoms with van der Waals surface area (Å²) >= 11 is 2.27. The van der Waals surface area contributed by atoms with Crippen LogP contribution in [0.1, 0.15) is 21.6 Å². The molecule has 3 nitrogen and oxygen atoms in total. The Labute approximate surface area is 165 Å². The first-order valence-electron chi connectivity index (χ1n) is 8.26. The minimum atomic E-state index is -0.0389. The van der Waals surface area contributed by atoms with Crippen molar-refractivity contribution >= 4 is 39.3 Å². The number of carbonyl (C=O) groups excluding carboxylic acids is 1. The topological polar surface area (TPSA) is 42.2 Å². The second-order valence-electron chi connectivity index (χ2n) is 6.17. The third-order valence-corrected chi connectivity index (χ3v) is 5.25. The van der Waals surface area contributed by atoms with Crippen molar-refractivity contribution < 1.29 is 9.90 Å². The molecule has 4 heteroatoms. The lowest BCUT2D eigenvalue weighted by Gasteiger charge is -2.09. The van der Waals surface area contributed by atoms with Crippen molar-refractivity contribution in [1.82, 2.24) is 4.57 Å². The van der Waals surface area contributed by atoms with E-state index in [9.17, 15) is 9.90 Å². The zero-order chi connectivity index (χ0) is 18.3. The van der Waals surface area contributed by atoms with E-state index in [4.69, 9.17) is 0 Å². The van der Waals surface area contributed by atoms with Crippen LogP contribution in [0.2, 0.25) is 0 Å². The average molecular weight is 453 g/mol. The van der Waals surface area contributed by atoms with Crippen LogP contribution in [-0.4, -0.2) is 15.5 Å². The van der Waals surface area contributed by atoms with Gasteiger partial charge in [0.05, 0.1) is 11.1 Å². The fourth-order valence-corrected chi connectivity index (χ4v) is 3.71. The molecule has 128 valence electrons. The van der Waals surface area contributed by atoms with Crippen LogP contribution in [-0.2, 0) is 0 Å². The zero-order valence-corrected chi connectivity index (χ0v) is 16.3. The summed E-state index contributed by atoms with van der Waals surface area (Å²) in [5.74, 6) is 0.113. The largest absolute Gasteiger partial charge is 0.508 e. The van der Waals surface area contributed by atoms with E-state index in [0.29, 0.717) is 11.1 Å². The first-order chi connectivity index (χ1) is 12.6. The Balaban J connectivity index is 2.02. The third kappa shape index (κ3) is 2.80. The van der Waals surface area contributed by atoms with Gasteiger partial charge in [-0.3, -0.25) is 4.79 Å². The monoisotopic (exact) mass is 453 g/mol. The fourth-order valence-electron chi connectivity index (χ4n) is 3.35. The lowest BCUT2D eigenvalue weighted by Crippen LogP contribution is -2.04. The molecule has 0 spiro atoms. The number of halogens is 1. The predicted octanol–water partition coefficient (Wildman–Crippen LogP) is 5.48. The third-order valence-electron chi connectivity index (χ3n) is 4.54. The van der Waals surface area contributed by atoms with Gasteiger partial charge >= 0.3 is 0 Å². The summed E-state index contributed by atoms with van der Waals surface area (Å²) < 4.78 is 3.22. The molecular formula is C22H16INO2. The molecule has 0 saturated carbocycles. The second-order valence-corrected chi connectivity index (χ2v) is 7.41. The predicted molar refractivity (Wildman–Crippen MR) is 112 cm³/mol. The summed E-state index contributed by atoms with van der Waals surface area (Å²) in [6.07, 6.45) is 0. The van der Waals surface area contributed by atoms with Crippen molar-refractivity contribution in [2.24, 2.45) is 0 Å². The van der Waals surface area contributed by atoms with Crippen LogP contribution in [0.25, 0.3) is 16.6 Å². The number of hydrogen-bond donors (Lipinski definition) is 1. The first kappa shape index (κ1) is 16.8. The molecule has 0 unspecified atom stereocenters. The number of aromatic hydroxyl groups is 1. The molecule has 4 aromatic rings. The Hall–Kier alpha value is -2.60. The summed E-state index contributed by atoms with van der Waals surface area (Å²) in [5, 5.41) is 10.8. The van der Waals surface area contributed by atoms with Gasteiger partial charge in [0.15, 0.2) is 5.78 Å². The highest BCUT2D eigenvalue weighted by Gasteiger charge is 2.22. The number of phenols is 1. The second kappa shape index (κ2) is 6.61. The molecule has 3 aromatic carbocycles. The Kier molecular flexibility index (Phi) is 4.28. The highest BCUT2D eigenvalue weighted by Crippen LogP contribution is 2.33. The van der Waals surface area contributed by atoms with Crippen molar-refractivity contribution in [2.45, 2.75) is 6.92 Å². The number of benzene rings is 3. The van der Waals surface area contributed by atoms with Crippen LogP contribution in [0.15, 0.2) is 72.8 Å². The highest BCUT2D eigenvalue weighted by atomic mass is 127. The molecule has 0 aliphatic heterocycles. The zero-order valence-electron chi connectivity index (χ0n) is 14.1. The number of ketones is 1. The number of carbonyl (C=O) groups is 1. The van der Waals surface area contributed by atoms with Gasteiger partial charge in [-0.25, -0.2) is 0 Å². The van der Waals surface area contributed by atoms with E-state index in [2.05, 4.69) is 27.2 Å². The van der Waals surface area contributed by atoms with Crippen molar-refractivity contribution in [3.63, 3.8) is 0 Å². The maximum atomic E-state index is 13.2. The van der Waals surface area contributed by atoms with Crippen LogP contribution in [0.4, 0.5) is 0 Å². The van der Waals surface area contributed by atoms with Gasteiger partial charge in [0.25, 0.3) is 0 Å². The Morgan fingerprint density at radius 1 is 0.962 bits per heavy atom. The molecule has 4 rings (SSSR count). The first-order valence-corrected chi connectivity index (χ1v) is 9.34. The summed E-state index contributed by atoms with van der Waals surface area (Å²) in [6.45, 7) is 1.95. The van der Waals surface area contributed by atoms with E-state index in [1.54, 1.807) is 12.1 Å². The molecule has 0 aliphatic carbocycles. The molecule has 1 N–H and O–H groups in total. The van der Waals surface area contributed by atoms with Gasteiger partial charge < -0.3 is 9.67 Å². The van der Waals surface area contributed by atoms with Crippen LogP contribution in [0.5, 0.6) is 5.75 Å². The van der Waals surface area contributed by atoms with Crippen LogP contribution in [0, 0.1) is 10.5 Å². The van der Waals surface area contributed by atoms with Gasteiger partial charge in [0.1, 0.15) is 5.75 Å². The number of nitrogens with zero attached hydrogens (tertiary/aromatic N) is 1. The molecule has 0 bridgehead atoms. The molecule has 0 saturated heterocycles. The van der Waals surface area contributed by atoms with E-state index in [1.165, 1.54) is 0 Å². The fraction of sp³-hybridized carbons (Fsp3) is 0.0455. The molecule has 0 radical (unpaired) electrons. The molecule has 26 heavy (non-hydrogen) atoms. The summed E-state index contributed by atoms with van der Waals surface area (Å²) in [6, 6.07) is 22.6. The average Bonchev–Trinajstić information content (AvgIpc) is 2.94. The summed E-state index contributed by atoms with van der Waals surface area (Å²) in [5.41, 5.74) is 4.02. The van der Waals surface area contributed by atoms with Gasteiger partial charge in [-0.2, -0.15) is 0 Å². The highest BCUT2D eigenvalue weighted by molar-refractivity contribution is 14.1. The Morgan fingerprint density at radius 3 is 2.35 bits per heavy atom. The summed E-state index contributed by atoms with van der Waals surface area (Å²) in [7, 11) is 0. The van der Waals surface area contributed by atoms with Crippen LogP contribution < -0.4 is 0 Å². The van der Waals surface area contributed by atoms with Gasteiger partial charge in [0, 0.05) is 25.9 Å². The van der Waals surface area contributed by atoms with Gasteiger partial charge in [-0.15, -0.1) is 0 Å². The van der Waals surface area contributed by atoms with Crippen LogP contribution in [0.3, 0.4) is 0 Å². The minimum Gasteiger partial charge on any atom is -0.508 e. The van der Waals surface area contributed by atoms with E-state index in [1.807, 2.05) is 67.6 Å². The van der Waals surface area contributed by atoms with Gasteiger partial charge in [0.2, 0.25) is 0 Å². The lowest BCUT2D eigenvalue weighted by atomic mass is 10.0. The maximum Gasteiger partial charge on any atom is 0.195 e. The number of fused-ring (bicyclic) bond motifs is 1. The summed E-state index contributed by atoms with van der Waals surface area (Å²) in [4.78, 5) is 13.2. The molecule has 1 heterocycles. The molecule has 0 amide bonds. The minimum absolute atomic E-state index is 0.0389. The number of aromatic nitrogens is 1. The Bertz CT molecular complexity index is 1110. The van der Waals surface area contributed by atoms with Crippen molar-refractivity contribution in [1.29, 1.82) is 0 Å². The van der Waals surface area contributed by atoms with Gasteiger partial charge in [-0.1, -0.05) is 30.3 Å².